The molecule has 2 bridgehead atoms. The first-order valence-corrected chi connectivity index (χ1v) is 8.49. The van der Waals surface area contributed by atoms with Gasteiger partial charge >= 0.3 is 0 Å². The molecular formula is C17H23N4O5+. The zero-order valence-electron chi connectivity index (χ0n) is 14.8. The summed E-state index contributed by atoms with van der Waals surface area (Å²) in [5.74, 6) is -0.141. The van der Waals surface area contributed by atoms with Crippen molar-refractivity contribution >= 4 is 17.5 Å². The Labute approximate surface area is 150 Å². The van der Waals surface area contributed by atoms with Crippen LogP contribution < -0.4 is 4.90 Å². The molecule has 3 rings (SSSR count). The molecule has 1 atom stereocenters. The number of carbonyl (C=O) groups is 2. The molecule has 2 saturated heterocycles. The molecule has 26 heavy (non-hydrogen) atoms. The third kappa shape index (κ3) is 3.27. The number of benzene rings is 1. The van der Waals surface area contributed by atoms with Gasteiger partial charge < -0.3 is 5.11 Å². The van der Waals surface area contributed by atoms with Crippen molar-refractivity contribution in [2.75, 3.05) is 33.0 Å². The zero-order valence-corrected chi connectivity index (χ0v) is 14.8. The SMILES string of the molecule is CC(=O)N1C[NH+]2CN(C(C)=O)CC([C@@H](O)c3ccc([N+](=O)[O-])cc3)(C1)C2. The highest BCUT2D eigenvalue weighted by atomic mass is 16.6. The summed E-state index contributed by atoms with van der Waals surface area (Å²) in [6.45, 7) is 5.29. The number of hydrogen-bond donors (Lipinski definition) is 2. The Hall–Kier alpha value is -2.52. The van der Waals surface area contributed by atoms with E-state index in [0.29, 0.717) is 38.5 Å². The van der Waals surface area contributed by atoms with Crippen LogP contribution in [0.3, 0.4) is 0 Å². The Kier molecular flexibility index (Phi) is 4.68. The largest absolute Gasteiger partial charge is 0.387 e. The Balaban J connectivity index is 1.94. The topological polar surface area (TPSA) is 108 Å². The van der Waals surface area contributed by atoms with Gasteiger partial charge in [0.25, 0.3) is 5.69 Å². The van der Waals surface area contributed by atoms with Gasteiger partial charge in [-0.1, -0.05) is 0 Å². The number of aliphatic hydroxyl groups is 1. The van der Waals surface area contributed by atoms with E-state index in [0.717, 1.165) is 4.90 Å². The molecule has 9 nitrogen and oxygen atoms in total. The molecule has 0 saturated carbocycles. The highest BCUT2D eigenvalue weighted by Crippen LogP contribution is 2.38. The van der Waals surface area contributed by atoms with Gasteiger partial charge in [-0.15, -0.1) is 0 Å². The van der Waals surface area contributed by atoms with Crippen LogP contribution in [0.1, 0.15) is 25.5 Å². The monoisotopic (exact) mass is 363 g/mol. The van der Waals surface area contributed by atoms with Crippen molar-refractivity contribution < 1.29 is 24.5 Å². The number of non-ortho nitro benzene ring substituents is 1. The summed E-state index contributed by atoms with van der Waals surface area (Å²) in [4.78, 5) is 38.7. The Morgan fingerprint density at radius 1 is 1.15 bits per heavy atom. The lowest BCUT2D eigenvalue weighted by atomic mass is 9.75. The molecule has 2 amide bonds. The number of fused-ring (bicyclic) bond motifs is 2. The first-order valence-electron chi connectivity index (χ1n) is 8.49. The molecule has 0 aromatic heterocycles. The van der Waals surface area contributed by atoms with Gasteiger partial charge in [0.15, 0.2) is 13.3 Å². The minimum atomic E-state index is -0.942. The fraction of sp³-hybridized carbons (Fsp3) is 0.529. The predicted molar refractivity (Wildman–Crippen MR) is 90.8 cm³/mol. The molecular weight excluding hydrogens is 340 g/mol. The number of nitro benzene ring substituents is 1. The third-order valence-electron chi connectivity index (χ3n) is 5.33. The van der Waals surface area contributed by atoms with Gasteiger partial charge in [-0.25, -0.2) is 0 Å². The first-order chi connectivity index (χ1) is 12.2. The number of nitrogens with zero attached hydrogens (tertiary/aromatic N) is 3. The second kappa shape index (κ2) is 6.65. The summed E-state index contributed by atoms with van der Waals surface area (Å²) in [6.07, 6.45) is -0.942. The second-order valence-corrected chi connectivity index (χ2v) is 7.29. The lowest BCUT2D eigenvalue weighted by Crippen LogP contribution is -3.20. The van der Waals surface area contributed by atoms with Crippen molar-refractivity contribution in [3.8, 4) is 0 Å². The van der Waals surface area contributed by atoms with Gasteiger partial charge in [-0.2, -0.15) is 0 Å². The number of aliphatic hydroxyl groups excluding tert-OH is 1. The molecule has 9 heteroatoms. The fourth-order valence-corrected chi connectivity index (χ4v) is 4.08. The van der Waals surface area contributed by atoms with Crippen molar-refractivity contribution in [2.45, 2.75) is 20.0 Å². The third-order valence-corrected chi connectivity index (χ3v) is 5.33. The average molecular weight is 363 g/mol. The van der Waals surface area contributed by atoms with Crippen LogP contribution in [0.4, 0.5) is 5.69 Å². The van der Waals surface area contributed by atoms with E-state index in [1.807, 2.05) is 0 Å². The van der Waals surface area contributed by atoms with E-state index in [1.165, 1.54) is 38.1 Å². The highest BCUT2D eigenvalue weighted by molar-refractivity contribution is 5.74. The predicted octanol–water partition coefficient (Wildman–Crippen LogP) is -0.861. The van der Waals surface area contributed by atoms with E-state index >= 15 is 0 Å². The van der Waals surface area contributed by atoms with Crippen LogP contribution >= 0.6 is 0 Å². The Bertz CT molecular complexity index is 709. The Morgan fingerprint density at radius 2 is 1.65 bits per heavy atom. The van der Waals surface area contributed by atoms with E-state index in [4.69, 9.17) is 0 Å². The quantitative estimate of drug-likeness (QED) is 0.537. The summed E-state index contributed by atoms with van der Waals surface area (Å²) in [5, 5.41) is 22.0. The number of nitro groups is 1. The van der Waals surface area contributed by atoms with Crippen LogP contribution in [0.15, 0.2) is 24.3 Å². The highest BCUT2D eigenvalue weighted by Gasteiger charge is 2.53. The molecule has 0 aliphatic carbocycles. The van der Waals surface area contributed by atoms with E-state index in [9.17, 15) is 24.8 Å². The lowest BCUT2D eigenvalue weighted by molar-refractivity contribution is -0.939. The minimum absolute atomic E-state index is 0.0475. The maximum Gasteiger partial charge on any atom is 0.269 e. The molecule has 2 aliphatic rings. The molecule has 2 fully saturated rings. The van der Waals surface area contributed by atoms with Gasteiger partial charge in [0.05, 0.1) is 23.0 Å². The number of carbonyl (C=O) groups excluding carboxylic acids is 2. The van der Waals surface area contributed by atoms with E-state index in [2.05, 4.69) is 0 Å². The number of amides is 2. The summed E-state index contributed by atoms with van der Waals surface area (Å²) < 4.78 is 0. The number of nitrogens with one attached hydrogen (secondary N) is 1. The molecule has 0 radical (unpaired) electrons. The van der Waals surface area contributed by atoms with Crippen LogP contribution in [0.25, 0.3) is 0 Å². The van der Waals surface area contributed by atoms with Crippen molar-refractivity contribution in [3.05, 3.63) is 39.9 Å². The van der Waals surface area contributed by atoms with Crippen LogP contribution in [-0.4, -0.2) is 64.6 Å². The molecule has 0 spiro atoms. The maximum atomic E-state index is 11.9. The second-order valence-electron chi connectivity index (χ2n) is 7.29. The normalized spacial score (nSPS) is 26.3. The van der Waals surface area contributed by atoms with Gasteiger partial charge in [0.1, 0.15) is 0 Å². The van der Waals surface area contributed by atoms with Crippen molar-refractivity contribution in [2.24, 2.45) is 5.41 Å². The summed E-state index contributed by atoms with van der Waals surface area (Å²) in [5.41, 5.74) is -0.210. The number of quaternary nitrogens is 1. The molecule has 1 aromatic carbocycles. The smallest absolute Gasteiger partial charge is 0.269 e. The van der Waals surface area contributed by atoms with Crippen molar-refractivity contribution in [3.63, 3.8) is 0 Å². The maximum absolute atomic E-state index is 11.9. The van der Waals surface area contributed by atoms with Gasteiger partial charge in [0, 0.05) is 39.1 Å². The summed E-state index contributed by atoms with van der Waals surface area (Å²) in [7, 11) is 0. The van der Waals surface area contributed by atoms with Crippen LogP contribution in [0, 0.1) is 15.5 Å². The molecule has 140 valence electrons. The molecule has 0 unspecified atom stereocenters. The van der Waals surface area contributed by atoms with Crippen LogP contribution in [0.2, 0.25) is 0 Å². The van der Waals surface area contributed by atoms with Crippen LogP contribution in [-0.2, 0) is 9.59 Å². The number of hydrogen-bond acceptors (Lipinski definition) is 5. The molecule has 2 heterocycles. The summed E-state index contributed by atoms with van der Waals surface area (Å²) >= 11 is 0. The van der Waals surface area contributed by atoms with Gasteiger partial charge in [0.2, 0.25) is 11.8 Å². The standard InChI is InChI=1S/C17H22N4O5/c1-12(22)19-8-17(7-18(10-19)11-20(9-17)13(2)23)16(24)14-3-5-15(6-4-14)21(25)26/h3-6,16,24H,7-11H2,1-2H3/p+1/t16-/m0/s1. The minimum Gasteiger partial charge on any atom is -0.387 e. The fourth-order valence-electron chi connectivity index (χ4n) is 4.08. The molecule has 1 aromatic rings. The average Bonchev–Trinajstić information content (AvgIpc) is 2.60. The van der Waals surface area contributed by atoms with E-state index in [-0.39, 0.29) is 17.5 Å². The van der Waals surface area contributed by atoms with Crippen molar-refractivity contribution in [1.82, 2.24) is 9.80 Å². The van der Waals surface area contributed by atoms with Crippen LogP contribution in [0.5, 0.6) is 0 Å². The zero-order chi connectivity index (χ0) is 19.1. The first kappa shape index (κ1) is 18.3. The van der Waals surface area contributed by atoms with E-state index in [1.54, 1.807) is 9.80 Å². The van der Waals surface area contributed by atoms with Crippen molar-refractivity contribution in [1.29, 1.82) is 0 Å². The lowest BCUT2D eigenvalue weighted by Gasteiger charge is -2.53. The van der Waals surface area contributed by atoms with Gasteiger partial charge in [-0.3, -0.25) is 34.4 Å². The van der Waals surface area contributed by atoms with Gasteiger partial charge in [-0.05, 0) is 17.7 Å². The molecule has 2 N–H and O–H groups in total. The number of rotatable bonds is 3. The molecule has 2 aliphatic heterocycles. The summed E-state index contributed by atoms with van der Waals surface area (Å²) in [6, 6.07) is 5.79. The Morgan fingerprint density at radius 3 is 2.08 bits per heavy atom. The van der Waals surface area contributed by atoms with E-state index < -0.39 is 16.4 Å².